The van der Waals surface area contributed by atoms with Crippen molar-refractivity contribution >= 4 is 30.7 Å². The lowest BCUT2D eigenvalue weighted by molar-refractivity contribution is 0.0697. The second-order valence-corrected chi connectivity index (χ2v) is 5.84. The third-order valence-electron chi connectivity index (χ3n) is 4.42. The van der Waals surface area contributed by atoms with E-state index in [1.165, 1.54) is 0 Å². The SMILES string of the molecule is CCc1c(C(=O)N2CCCC(NC)C2)cnn1-c1ccccn1.Cl.Cl. The van der Waals surface area contributed by atoms with Crippen LogP contribution in [0.2, 0.25) is 0 Å². The van der Waals surface area contributed by atoms with Crippen molar-refractivity contribution in [3.63, 3.8) is 0 Å². The number of likely N-dealkylation sites (N-methyl/N-ethyl adjacent to an activating group) is 1. The van der Waals surface area contributed by atoms with E-state index in [4.69, 9.17) is 0 Å². The van der Waals surface area contributed by atoms with Gasteiger partial charge in [-0.2, -0.15) is 5.10 Å². The van der Waals surface area contributed by atoms with Gasteiger partial charge in [-0.25, -0.2) is 9.67 Å². The van der Waals surface area contributed by atoms with E-state index in [0.29, 0.717) is 11.6 Å². The second kappa shape index (κ2) is 9.75. The number of carbonyl (C=O) groups is 1. The minimum absolute atomic E-state index is 0. The number of hydrogen-bond acceptors (Lipinski definition) is 4. The zero-order chi connectivity index (χ0) is 16.2. The fraction of sp³-hybridized carbons (Fsp3) is 0.471. The van der Waals surface area contributed by atoms with E-state index in [2.05, 4.69) is 15.4 Å². The largest absolute Gasteiger partial charge is 0.337 e. The van der Waals surface area contributed by atoms with Gasteiger partial charge in [-0.3, -0.25) is 4.79 Å². The van der Waals surface area contributed by atoms with Crippen molar-refractivity contribution in [3.05, 3.63) is 41.9 Å². The minimum atomic E-state index is 0. The highest BCUT2D eigenvalue weighted by atomic mass is 35.5. The third kappa shape index (κ3) is 4.51. The summed E-state index contributed by atoms with van der Waals surface area (Å²) in [7, 11) is 1.95. The molecule has 0 radical (unpaired) electrons. The van der Waals surface area contributed by atoms with Crippen LogP contribution in [-0.2, 0) is 6.42 Å². The van der Waals surface area contributed by atoms with Gasteiger partial charge < -0.3 is 10.2 Å². The van der Waals surface area contributed by atoms with Crippen molar-refractivity contribution in [1.29, 1.82) is 0 Å². The predicted molar refractivity (Wildman–Crippen MR) is 103 cm³/mol. The standard InChI is InChI=1S/C17H23N5O.2ClH/c1-3-15-14(11-20-22(15)16-8-4-5-9-19-16)17(23)21-10-6-7-13(12-21)18-2;;/h4-5,8-9,11,13,18H,3,6-7,10,12H2,1-2H3;2*1H. The molecule has 1 unspecified atom stereocenters. The summed E-state index contributed by atoms with van der Waals surface area (Å²) in [6, 6.07) is 6.07. The number of carbonyl (C=O) groups excluding carboxylic acids is 1. The average Bonchev–Trinajstić information content (AvgIpc) is 3.05. The van der Waals surface area contributed by atoms with E-state index in [9.17, 15) is 4.79 Å². The molecule has 0 aliphatic carbocycles. The van der Waals surface area contributed by atoms with Gasteiger partial charge in [-0.05, 0) is 38.4 Å². The maximum atomic E-state index is 12.9. The van der Waals surface area contributed by atoms with Crippen molar-refractivity contribution in [2.24, 2.45) is 0 Å². The summed E-state index contributed by atoms with van der Waals surface area (Å²) in [6.07, 6.45) is 6.31. The molecule has 1 fully saturated rings. The zero-order valence-electron chi connectivity index (χ0n) is 14.5. The normalized spacial score (nSPS) is 16.7. The van der Waals surface area contributed by atoms with Crippen LogP contribution in [0.15, 0.2) is 30.6 Å². The lowest BCUT2D eigenvalue weighted by atomic mass is 10.0. The number of pyridine rings is 1. The van der Waals surface area contributed by atoms with Gasteiger partial charge in [-0.1, -0.05) is 13.0 Å². The minimum Gasteiger partial charge on any atom is -0.337 e. The van der Waals surface area contributed by atoms with Gasteiger partial charge in [0.2, 0.25) is 0 Å². The highest BCUT2D eigenvalue weighted by molar-refractivity contribution is 5.95. The number of halogens is 2. The number of nitrogens with zero attached hydrogens (tertiary/aromatic N) is 4. The molecule has 1 aliphatic heterocycles. The van der Waals surface area contributed by atoms with Crippen LogP contribution in [0.4, 0.5) is 0 Å². The first-order valence-corrected chi connectivity index (χ1v) is 8.19. The van der Waals surface area contributed by atoms with Crippen LogP contribution in [0, 0.1) is 0 Å². The summed E-state index contributed by atoms with van der Waals surface area (Å²) >= 11 is 0. The lowest BCUT2D eigenvalue weighted by Gasteiger charge is -2.32. The van der Waals surface area contributed by atoms with Crippen molar-refractivity contribution in [3.8, 4) is 5.82 Å². The molecule has 2 aromatic heterocycles. The fourth-order valence-corrected chi connectivity index (χ4v) is 3.14. The van der Waals surface area contributed by atoms with Crippen LogP contribution in [0.1, 0.15) is 35.8 Å². The Labute approximate surface area is 160 Å². The Kier molecular flexibility index (Phi) is 8.35. The summed E-state index contributed by atoms with van der Waals surface area (Å²) in [5, 5.41) is 7.68. The number of likely N-dealkylation sites (tertiary alicyclic amines) is 1. The molecule has 1 atom stereocenters. The van der Waals surface area contributed by atoms with Crippen molar-refractivity contribution in [2.45, 2.75) is 32.2 Å². The number of aromatic nitrogens is 3. The number of amides is 1. The van der Waals surface area contributed by atoms with E-state index < -0.39 is 0 Å². The summed E-state index contributed by atoms with van der Waals surface area (Å²) in [4.78, 5) is 19.2. The van der Waals surface area contributed by atoms with Crippen LogP contribution in [0.25, 0.3) is 5.82 Å². The van der Waals surface area contributed by atoms with Crippen molar-refractivity contribution in [2.75, 3.05) is 20.1 Å². The summed E-state index contributed by atoms with van der Waals surface area (Å²) in [5.74, 6) is 0.819. The van der Waals surface area contributed by atoms with Gasteiger partial charge in [0.05, 0.1) is 17.5 Å². The lowest BCUT2D eigenvalue weighted by Crippen LogP contribution is -2.47. The maximum absolute atomic E-state index is 12.9. The molecule has 0 spiro atoms. The Morgan fingerprint density at radius 3 is 2.80 bits per heavy atom. The summed E-state index contributed by atoms with van der Waals surface area (Å²) in [6.45, 7) is 3.61. The highest BCUT2D eigenvalue weighted by Gasteiger charge is 2.26. The molecule has 1 aliphatic rings. The zero-order valence-corrected chi connectivity index (χ0v) is 16.1. The molecule has 3 rings (SSSR count). The molecule has 0 aromatic carbocycles. The van der Waals surface area contributed by atoms with E-state index in [0.717, 1.165) is 43.9 Å². The van der Waals surface area contributed by atoms with Gasteiger partial charge in [0.15, 0.2) is 5.82 Å². The molecule has 138 valence electrons. The van der Waals surface area contributed by atoms with Crippen LogP contribution in [-0.4, -0.2) is 51.8 Å². The van der Waals surface area contributed by atoms with Gasteiger partial charge in [0.25, 0.3) is 5.91 Å². The molecule has 0 bridgehead atoms. The molecule has 1 saturated heterocycles. The monoisotopic (exact) mass is 385 g/mol. The Hall–Kier alpha value is -1.63. The van der Waals surface area contributed by atoms with Gasteiger partial charge in [0, 0.05) is 25.3 Å². The second-order valence-electron chi connectivity index (χ2n) is 5.84. The quantitative estimate of drug-likeness (QED) is 0.877. The molecule has 6 nitrogen and oxygen atoms in total. The predicted octanol–water partition coefficient (Wildman–Crippen LogP) is 2.50. The molecule has 2 aromatic rings. The fourth-order valence-electron chi connectivity index (χ4n) is 3.14. The molecular weight excluding hydrogens is 361 g/mol. The number of piperidine rings is 1. The molecule has 1 N–H and O–H groups in total. The Morgan fingerprint density at radius 1 is 1.36 bits per heavy atom. The molecule has 1 amide bonds. The molecule has 8 heteroatoms. The van der Waals surface area contributed by atoms with Crippen molar-refractivity contribution in [1.82, 2.24) is 25.0 Å². The van der Waals surface area contributed by atoms with Gasteiger partial charge in [0.1, 0.15) is 0 Å². The van der Waals surface area contributed by atoms with Crippen LogP contribution in [0.5, 0.6) is 0 Å². The van der Waals surface area contributed by atoms with Crippen LogP contribution >= 0.6 is 24.8 Å². The third-order valence-corrected chi connectivity index (χ3v) is 4.42. The molecule has 0 saturated carbocycles. The number of rotatable bonds is 4. The first-order valence-electron chi connectivity index (χ1n) is 8.19. The maximum Gasteiger partial charge on any atom is 0.257 e. The average molecular weight is 386 g/mol. The molecule has 3 heterocycles. The summed E-state index contributed by atoms with van der Waals surface area (Å²) < 4.78 is 1.77. The summed E-state index contributed by atoms with van der Waals surface area (Å²) in [5.41, 5.74) is 1.61. The van der Waals surface area contributed by atoms with E-state index >= 15 is 0 Å². The topological polar surface area (TPSA) is 63.1 Å². The van der Waals surface area contributed by atoms with Crippen LogP contribution < -0.4 is 5.32 Å². The van der Waals surface area contributed by atoms with E-state index in [-0.39, 0.29) is 30.7 Å². The van der Waals surface area contributed by atoms with E-state index in [1.54, 1.807) is 17.1 Å². The van der Waals surface area contributed by atoms with Gasteiger partial charge in [-0.15, -0.1) is 24.8 Å². The molecule has 25 heavy (non-hydrogen) atoms. The van der Waals surface area contributed by atoms with Gasteiger partial charge >= 0.3 is 0 Å². The highest BCUT2D eigenvalue weighted by Crippen LogP contribution is 2.19. The number of nitrogens with one attached hydrogen (secondary N) is 1. The van der Waals surface area contributed by atoms with Crippen molar-refractivity contribution < 1.29 is 4.79 Å². The molecular formula is C17H25Cl2N5O. The Balaban J connectivity index is 0.00000156. The first kappa shape index (κ1) is 21.4. The Bertz CT molecular complexity index is 677. The smallest absolute Gasteiger partial charge is 0.257 e. The number of hydrogen-bond donors (Lipinski definition) is 1. The van der Waals surface area contributed by atoms with E-state index in [1.807, 2.05) is 37.1 Å². The first-order chi connectivity index (χ1) is 11.2. The Morgan fingerprint density at radius 2 is 2.16 bits per heavy atom. The van der Waals surface area contributed by atoms with Crippen LogP contribution in [0.3, 0.4) is 0 Å².